The van der Waals surface area contributed by atoms with E-state index in [0.717, 1.165) is 33.4 Å². The van der Waals surface area contributed by atoms with Gasteiger partial charge in [0.2, 0.25) is 0 Å². The lowest BCUT2D eigenvalue weighted by Gasteiger charge is -2.21. The molecule has 7 aromatic rings. The molecule has 4 heteroatoms. The van der Waals surface area contributed by atoms with Gasteiger partial charge in [0.25, 0.3) is 0 Å². The highest BCUT2D eigenvalue weighted by Gasteiger charge is 2.35. The smallest absolute Gasteiger partial charge is 0.164 e. The van der Waals surface area contributed by atoms with Crippen molar-refractivity contribution in [2.24, 2.45) is 0 Å². The van der Waals surface area contributed by atoms with E-state index in [1.165, 1.54) is 27.8 Å². The largest absolute Gasteiger partial charge is 0.264 e. The van der Waals surface area contributed by atoms with E-state index >= 15 is 0 Å². The minimum absolute atomic E-state index is 0.0163. The molecule has 0 N–H and O–H groups in total. The molecule has 0 spiro atoms. The Morgan fingerprint density at radius 1 is 0.400 bits per heavy atom. The minimum Gasteiger partial charge on any atom is -0.264 e. The molecule has 0 unspecified atom stereocenters. The van der Waals surface area contributed by atoms with Crippen LogP contribution >= 0.6 is 0 Å². The Bertz CT molecular complexity index is 2170. The van der Waals surface area contributed by atoms with Crippen molar-refractivity contribution in [3.8, 4) is 67.5 Å². The molecule has 0 radical (unpaired) electrons. The zero-order chi connectivity index (χ0) is 30.4. The summed E-state index contributed by atoms with van der Waals surface area (Å²) in [5.41, 5.74) is 12.6. The van der Waals surface area contributed by atoms with Crippen LogP contribution in [0.5, 0.6) is 0 Å². The molecular formula is C41H30N4. The first-order valence-corrected chi connectivity index (χ1v) is 15.2. The quantitative estimate of drug-likeness (QED) is 0.204. The van der Waals surface area contributed by atoms with Gasteiger partial charge < -0.3 is 0 Å². The molecule has 4 nitrogen and oxygen atoms in total. The molecule has 2 heterocycles. The van der Waals surface area contributed by atoms with E-state index < -0.39 is 0 Å². The number of hydrogen-bond acceptors (Lipinski definition) is 4. The number of benzene rings is 5. The molecule has 0 saturated heterocycles. The van der Waals surface area contributed by atoms with Gasteiger partial charge in [-0.25, -0.2) is 15.0 Å². The van der Waals surface area contributed by atoms with E-state index in [1.54, 1.807) is 6.20 Å². The van der Waals surface area contributed by atoms with Gasteiger partial charge >= 0.3 is 0 Å². The summed E-state index contributed by atoms with van der Waals surface area (Å²) < 4.78 is 0. The van der Waals surface area contributed by atoms with E-state index in [1.807, 2.05) is 42.6 Å². The number of hydrogen-bond donors (Lipinski definition) is 0. The van der Waals surface area contributed by atoms with Gasteiger partial charge in [0.1, 0.15) is 0 Å². The summed E-state index contributed by atoms with van der Waals surface area (Å²) in [6, 6.07) is 46.6. The van der Waals surface area contributed by atoms with Crippen molar-refractivity contribution in [3.63, 3.8) is 0 Å². The van der Waals surface area contributed by atoms with Crippen LogP contribution in [0.1, 0.15) is 25.0 Å². The lowest BCUT2D eigenvalue weighted by molar-refractivity contribution is 0.660. The van der Waals surface area contributed by atoms with Crippen LogP contribution in [0, 0.1) is 0 Å². The first kappa shape index (κ1) is 26.9. The second-order valence-corrected chi connectivity index (χ2v) is 12.0. The van der Waals surface area contributed by atoms with E-state index in [2.05, 4.69) is 116 Å². The normalized spacial score (nSPS) is 12.8. The maximum absolute atomic E-state index is 5.01. The number of aromatic nitrogens is 4. The third-order valence-electron chi connectivity index (χ3n) is 8.84. The molecule has 0 bridgehead atoms. The van der Waals surface area contributed by atoms with Gasteiger partial charge in [-0.15, -0.1) is 0 Å². The monoisotopic (exact) mass is 578 g/mol. The number of nitrogens with zero attached hydrogens (tertiary/aromatic N) is 4. The fourth-order valence-electron chi connectivity index (χ4n) is 6.43. The fourth-order valence-corrected chi connectivity index (χ4v) is 6.43. The SMILES string of the molecule is CC1(C)c2ccccc2-c2cc(-c3cccc(-c4nc(-c5ccccc5)nc(-c5ccc(-c6cccnc6)cc5)n4)c3)ccc21. The van der Waals surface area contributed by atoms with Crippen LogP contribution < -0.4 is 0 Å². The molecule has 1 aliphatic carbocycles. The first-order chi connectivity index (χ1) is 22.0. The molecule has 0 aliphatic heterocycles. The van der Waals surface area contributed by atoms with Crippen LogP contribution in [0.3, 0.4) is 0 Å². The molecule has 0 atom stereocenters. The molecule has 2 aromatic heterocycles. The second-order valence-electron chi connectivity index (χ2n) is 12.0. The molecule has 214 valence electrons. The van der Waals surface area contributed by atoms with E-state index in [0.29, 0.717) is 17.5 Å². The highest BCUT2D eigenvalue weighted by Crippen LogP contribution is 2.49. The van der Waals surface area contributed by atoms with E-state index in [4.69, 9.17) is 15.0 Å². The molecular weight excluding hydrogens is 548 g/mol. The Kier molecular flexibility index (Phi) is 6.42. The number of rotatable bonds is 5. The van der Waals surface area contributed by atoms with Gasteiger partial charge in [-0.2, -0.15) is 0 Å². The van der Waals surface area contributed by atoms with Crippen LogP contribution in [0.4, 0.5) is 0 Å². The zero-order valence-corrected chi connectivity index (χ0v) is 25.1. The summed E-state index contributed by atoms with van der Waals surface area (Å²) in [6.45, 7) is 4.63. The predicted octanol–water partition coefficient (Wildman–Crippen LogP) is 9.91. The third-order valence-corrected chi connectivity index (χ3v) is 8.84. The van der Waals surface area contributed by atoms with Crippen molar-refractivity contribution in [2.75, 3.05) is 0 Å². The van der Waals surface area contributed by atoms with Crippen molar-refractivity contribution in [1.82, 2.24) is 19.9 Å². The van der Waals surface area contributed by atoms with Gasteiger partial charge in [0.05, 0.1) is 0 Å². The second kappa shape index (κ2) is 10.8. The van der Waals surface area contributed by atoms with Crippen molar-refractivity contribution in [3.05, 3.63) is 157 Å². The number of pyridine rings is 1. The topological polar surface area (TPSA) is 51.6 Å². The summed E-state index contributed by atoms with van der Waals surface area (Å²) in [7, 11) is 0. The molecule has 0 amide bonds. The molecule has 0 fully saturated rings. The number of fused-ring (bicyclic) bond motifs is 3. The van der Waals surface area contributed by atoms with Gasteiger partial charge in [-0.3, -0.25) is 4.98 Å². The summed E-state index contributed by atoms with van der Waals surface area (Å²) in [4.78, 5) is 19.2. The van der Waals surface area contributed by atoms with Crippen LogP contribution in [0.2, 0.25) is 0 Å². The average Bonchev–Trinajstić information content (AvgIpc) is 3.34. The average molecular weight is 579 g/mol. The molecule has 45 heavy (non-hydrogen) atoms. The van der Waals surface area contributed by atoms with Crippen molar-refractivity contribution < 1.29 is 0 Å². The maximum atomic E-state index is 5.01. The van der Waals surface area contributed by atoms with Crippen molar-refractivity contribution in [2.45, 2.75) is 19.3 Å². The van der Waals surface area contributed by atoms with Crippen LogP contribution in [0.25, 0.3) is 67.5 Å². The lowest BCUT2D eigenvalue weighted by atomic mass is 9.82. The van der Waals surface area contributed by atoms with Gasteiger partial charge in [0, 0.05) is 34.5 Å². The lowest BCUT2D eigenvalue weighted by Crippen LogP contribution is -2.14. The Morgan fingerprint density at radius 3 is 1.71 bits per heavy atom. The molecule has 8 rings (SSSR count). The standard InChI is InChI=1S/C41H30N4/c1-41(2)36-16-7-6-15-34(36)35-25-31(21-22-37(35)41)30-12-8-13-32(24-30)40-44-38(28-10-4-3-5-11-28)43-39(45-40)29-19-17-27(18-20-29)33-14-9-23-42-26-33/h3-26H,1-2H3. The maximum Gasteiger partial charge on any atom is 0.164 e. The summed E-state index contributed by atoms with van der Waals surface area (Å²) in [5.74, 6) is 1.93. The summed E-state index contributed by atoms with van der Waals surface area (Å²) in [5, 5.41) is 0. The predicted molar refractivity (Wildman–Crippen MR) is 182 cm³/mol. The Hall–Kier alpha value is -5.74. The zero-order valence-electron chi connectivity index (χ0n) is 25.1. The highest BCUT2D eigenvalue weighted by atomic mass is 15.0. The van der Waals surface area contributed by atoms with Crippen LogP contribution in [0.15, 0.2) is 146 Å². The Morgan fingerprint density at radius 2 is 0.956 bits per heavy atom. The summed E-state index contributed by atoms with van der Waals surface area (Å²) >= 11 is 0. The first-order valence-electron chi connectivity index (χ1n) is 15.2. The van der Waals surface area contributed by atoms with Crippen LogP contribution in [-0.2, 0) is 5.41 Å². The van der Waals surface area contributed by atoms with Gasteiger partial charge in [0.15, 0.2) is 17.5 Å². The van der Waals surface area contributed by atoms with Gasteiger partial charge in [-0.1, -0.05) is 129 Å². The summed E-state index contributed by atoms with van der Waals surface area (Å²) in [6.07, 6.45) is 3.66. The van der Waals surface area contributed by atoms with E-state index in [9.17, 15) is 0 Å². The Balaban J connectivity index is 1.21. The fraction of sp³-hybridized carbons (Fsp3) is 0.0732. The molecule has 0 saturated carbocycles. The van der Waals surface area contributed by atoms with E-state index in [-0.39, 0.29) is 5.41 Å². The molecule has 1 aliphatic rings. The Labute approximate surface area is 263 Å². The van der Waals surface area contributed by atoms with Crippen LogP contribution in [-0.4, -0.2) is 19.9 Å². The highest BCUT2D eigenvalue weighted by molar-refractivity contribution is 5.85. The van der Waals surface area contributed by atoms with Crippen molar-refractivity contribution >= 4 is 0 Å². The molecule has 5 aromatic carbocycles. The van der Waals surface area contributed by atoms with Crippen molar-refractivity contribution in [1.29, 1.82) is 0 Å². The minimum atomic E-state index is -0.0163. The third kappa shape index (κ3) is 4.81. The van der Waals surface area contributed by atoms with Gasteiger partial charge in [-0.05, 0) is 62.7 Å².